The summed E-state index contributed by atoms with van der Waals surface area (Å²) >= 11 is 0. The van der Waals surface area contributed by atoms with Gasteiger partial charge < -0.3 is 21.1 Å². The summed E-state index contributed by atoms with van der Waals surface area (Å²) < 4.78 is 0. The lowest BCUT2D eigenvalue weighted by atomic mass is 10.1. The fourth-order valence-electron chi connectivity index (χ4n) is 2.03. The van der Waals surface area contributed by atoms with Crippen LogP contribution in [0.25, 0.3) is 0 Å². The molecule has 0 rings (SSSR count). The molecule has 0 aliphatic heterocycles. The summed E-state index contributed by atoms with van der Waals surface area (Å²) in [5, 5.41) is 27.9. The first-order valence-corrected chi connectivity index (χ1v) is 7.34. The van der Waals surface area contributed by atoms with Crippen molar-refractivity contribution in [2.75, 3.05) is 6.54 Å². The van der Waals surface area contributed by atoms with Crippen molar-refractivity contribution in [1.29, 1.82) is 0 Å². The van der Waals surface area contributed by atoms with Gasteiger partial charge in [0, 0.05) is 0 Å². The van der Waals surface area contributed by atoms with Crippen LogP contribution in [-0.4, -0.2) is 62.8 Å². The van der Waals surface area contributed by atoms with Crippen LogP contribution in [0.2, 0.25) is 0 Å². The van der Waals surface area contributed by atoms with E-state index in [-0.39, 0.29) is 19.3 Å². The van der Waals surface area contributed by atoms with Gasteiger partial charge in [-0.1, -0.05) is 0 Å². The van der Waals surface area contributed by atoms with E-state index in [4.69, 9.17) is 5.73 Å². The van der Waals surface area contributed by atoms with Crippen molar-refractivity contribution in [1.82, 2.24) is 4.90 Å². The zero-order valence-corrected chi connectivity index (χ0v) is 13.1. The molecule has 0 bridgehead atoms. The Hall–Kier alpha value is -1.51. The van der Waals surface area contributed by atoms with Gasteiger partial charge in [0.1, 0.15) is 6.04 Å². The summed E-state index contributed by atoms with van der Waals surface area (Å²) in [7, 11) is 0. The second kappa shape index (κ2) is 10.3. The Balaban J connectivity index is 5.24. The molecule has 0 heterocycles. The molecule has 0 fully saturated rings. The van der Waals surface area contributed by atoms with Gasteiger partial charge in [0.15, 0.2) is 0 Å². The average molecular weight is 318 g/mol. The molecule has 0 aliphatic carbocycles. The lowest BCUT2D eigenvalue weighted by Gasteiger charge is -2.28. The van der Waals surface area contributed by atoms with Crippen LogP contribution in [0.1, 0.15) is 46.0 Å². The standard InChI is InChI=1S/C14H26N2O6/c1-9(17)7-12(19)16(13(20)8-10(2)18)11(14(21)22)5-3-4-6-15/h9-11,17-18H,3-8,15H2,1-2H3,(H,21,22)/t9?,10?,11-/m0/s1. The number of amides is 2. The van der Waals surface area contributed by atoms with Gasteiger partial charge in [0.25, 0.3) is 0 Å². The molecule has 128 valence electrons. The quantitative estimate of drug-likeness (QED) is 0.396. The minimum Gasteiger partial charge on any atom is -0.480 e. The lowest BCUT2D eigenvalue weighted by molar-refractivity contribution is -0.159. The summed E-state index contributed by atoms with van der Waals surface area (Å²) in [4.78, 5) is 36.3. The van der Waals surface area contributed by atoms with E-state index in [0.29, 0.717) is 24.3 Å². The Morgan fingerprint density at radius 3 is 1.77 bits per heavy atom. The van der Waals surface area contributed by atoms with Gasteiger partial charge in [-0.05, 0) is 39.7 Å². The second-order valence-electron chi connectivity index (χ2n) is 5.40. The van der Waals surface area contributed by atoms with Gasteiger partial charge in [-0.3, -0.25) is 14.5 Å². The van der Waals surface area contributed by atoms with Gasteiger partial charge in [-0.2, -0.15) is 0 Å². The number of carboxylic acids is 1. The van der Waals surface area contributed by atoms with Crippen LogP contribution >= 0.6 is 0 Å². The van der Waals surface area contributed by atoms with E-state index >= 15 is 0 Å². The average Bonchev–Trinajstić information content (AvgIpc) is 2.35. The van der Waals surface area contributed by atoms with E-state index in [9.17, 15) is 29.7 Å². The summed E-state index contributed by atoms with van der Waals surface area (Å²) in [6.45, 7) is 3.13. The minimum absolute atomic E-state index is 0.0869. The predicted octanol–water partition coefficient (Wildman–Crippen LogP) is -0.534. The lowest BCUT2D eigenvalue weighted by Crippen LogP contribution is -2.50. The van der Waals surface area contributed by atoms with Crippen molar-refractivity contribution >= 4 is 17.8 Å². The van der Waals surface area contributed by atoms with Crippen molar-refractivity contribution in [3.63, 3.8) is 0 Å². The predicted molar refractivity (Wildman–Crippen MR) is 78.8 cm³/mol. The van der Waals surface area contributed by atoms with Crippen LogP contribution in [0.3, 0.4) is 0 Å². The highest BCUT2D eigenvalue weighted by Crippen LogP contribution is 2.15. The normalized spacial score (nSPS) is 15.0. The molecule has 0 aromatic heterocycles. The number of carboxylic acid groups (broad SMARTS) is 1. The monoisotopic (exact) mass is 318 g/mol. The number of rotatable bonds is 10. The number of unbranched alkanes of at least 4 members (excludes halogenated alkanes) is 1. The number of hydrogen-bond donors (Lipinski definition) is 4. The molecule has 2 amide bonds. The number of nitrogens with two attached hydrogens (primary N) is 1. The molecule has 2 unspecified atom stereocenters. The Bertz CT molecular complexity index is 362. The topological polar surface area (TPSA) is 141 Å². The molecule has 0 radical (unpaired) electrons. The van der Waals surface area contributed by atoms with Crippen molar-refractivity contribution in [2.24, 2.45) is 5.73 Å². The molecule has 0 saturated carbocycles. The number of aliphatic carboxylic acids is 1. The summed E-state index contributed by atoms with van der Waals surface area (Å²) in [5.74, 6) is -2.82. The maximum absolute atomic E-state index is 12.1. The zero-order chi connectivity index (χ0) is 17.3. The van der Waals surface area contributed by atoms with Crippen LogP contribution < -0.4 is 5.73 Å². The highest BCUT2D eigenvalue weighted by molar-refractivity contribution is 5.99. The van der Waals surface area contributed by atoms with Crippen LogP contribution in [0.4, 0.5) is 0 Å². The van der Waals surface area contributed by atoms with E-state index in [2.05, 4.69) is 0 Å². The molecule has 0 aliphatic rings. The third kappa shape index (κ3) is 7.48. The molecule has 8 nitrogen and oxygen atoms in total. The summed E-state index contributed by atoms with van der Waals surface area (Å²) in [5.41, 5.74) is 5.36. The molecule has 5 N–H and O–H groups in total. The van der Waals surface area contributed by atoms with Crippen molar-refractivity contribution < 1.29 is 29.7 Å². The molecule has 22 heavy (non-hydrogen) atoms. The summed E-state index contributed by atoms with van der Waals surface area (Å²) in [6.07, 6.45) is -1.58. The van der Waals surface area contributed by atoms with Crippen LogP contribution in [-0.2, 0) is 14.4 Å². The number of hydrogen-bond acceptors (Lipinski definition) is 6. The first-order valence-electron chi connectivity index (χ1n) is 7.34. The Morgan fingerprint density at radius 1 is 1.00 bits per heavy atom. The molecule has 0 saturated heterocycles. The zero-order valence-electron chi connectivity index (χ0n) is 13.1. The van der Waals surface area contributed by atoms with Gasteiger partial charge >= 0.3 is 5.97 Å². The third-order valence-electron chi connectivity index (χ3n) is 3.01. The van der Waals surface area contributed by atoms with E-state index in [1.807, 2.05) is 0 Å². The third-order valence-corrected chi connectivity index (χ3v) is 3.01. The number of aliphatic hydroxyl groups excluding tert-OH is 2. The fourth-order valence-corrected chi connectivity index (χ4v) is 2.03. The van der Waals surface area contributed by atoms with E-state index in [1.54, 1.807) is 0 Å². The first kappa shape index (κ1) is 20.5. The van der Waals surface area contributed by atoms with Gasteiger partial charge in [-0.15, -0.1) is 0 Å². The van der Waals surface area contributed by atoms with Gasteiger partial charge in [0.05, 0.1) is 25.0 Å². The second-order valence-corrected chi connectivity index (χ2v) is 5.40. The number of aliphatic hydroxyl groups is 2. The smallest absolute Gasteiger partial charge is 0.326 e. The Labute approximate surface area is 129 Å². The van der Waals surface area contributed by atoms with Crippen LogP contribution in [0.5, 0.6) is 0 Å². The summed E-state index contributed by atoms with van der Waals surface area (Å²) in [6, 6.07) is -1.32. The van der Waals surface area contributed by atoms with E-state index < -0.39 is 36.0 Å². The van der Waals surface area contributed by atoms with Gasteiger partial charge in [-0.25, -0.2) is 4.79 Å². The minimum atomic E-state index is -1.32. The fraction of sp³-hybridized carbons (Fsp3) is 0.786. The van der Waals surface area contributed by atoms with Crippen LogP contribution in [0.15, 0.2) is 0 Å². The number of imide groups is 1. The number of nitrogens with zero attached hydrogens (tertiary/aromatic N) is 1. The van der Waals surface area contributed by atoms with E-state index in [0.717, 1.165) is 0 Å². The molecule has 0 aromatic rings. The number of carbonyl (C=O) groups excluding carboxylic acids is 2. The maximum atomic E-state index is 12.1. The molecule has 0 spiro atoms. The van der Waals surface area contributed by atoms with Crippen molar-refractivity contribution in [3.8, 4) is 0 Å². The largest absolute Gasteiger partial charge is 0.480 e. The van der Waals surface area contributed by atoms with E-state index in [1.165, 1.54) is 13.8 Å². The molecular formula is C14H26N2O6. The Kier molecular flexibility index (Phi) is 9.55. The first-order chi connectivity index (χ1) is 10.2. The molecule has 8 heteroatoms. The maximum Gasteiger partial charge on any atom is 0.326 e. The molecular weight excluding hydrogens is 292 g/mol. The molecule has 3 atom stereocenters. The molecule has 0 aromatic carbocycles. The highest BCUT2D eigenvalue weighted by atomic mass is 16.4. The SMILES string of the molecule is CC(O)CC(=O)N(C(=O)CC(C)O)[C@@H](CCCCN)C(=O)O. The van der Waals surface area contributed by atoms with Crippen LogP contribution in [0, 0.1) is 0 Å². The van der Waals surface area contributed by atoms with Gasteiger partial charge in [0.2, 0.25) is 11.8 Å². The Morgan fingerprint density at radius 2 is 1.45 bits per heavy atom. The number of carbonyl (C=O) groups is 3. The highest BCUT2D eigenvalue weighted by Gasteiger charge is 2.34. The van der Waals surface area contributed by atoms with Crippen molar-refractivity contribution in [3.05, 3.63) is 0 Å². The van der Waals surface area contributed by atoms with Crippen molar-refractivity contribution in [2.45, 2.75) is 64.2 Å².